The third-order valence-electron chi connectivity index (χ3n) is 17.0. The molecular weight excluding hydrogens is 828 g/mol. The lowest BCUT2D eigenvalue weighted by Crippen LogP contribution is -2.37. The summed E-state index contributed by atoms with van der Waals surface area (Å²) < 4.78 is 5.35. The van der Waals surface area contributed by atoms with Crippen LogP contribution < -0.4 is 16.2 Å². The van der Waals surface area contributed by atoms with Gasteiger partial charge in [0.1, 0.15) is 0 Å². The summed E-state index contributed by atoms with van der Waals surface area (Å²) in [6.07, 6.45) is 4.77. The minimum atomic E-state index is 0.0886. The topological polar surface area (TPSA) is 17.0 Å². The second-order valence-electron chi connectivity index (χ2n) is 23.1. The quantitative estimate of drug-likeness (QED) is 0.174. The van der Waals surface area contributed by atoms with Gasteiger partial charge in [-0.2, -0.15) is 0 Å². The zero-order chi connectivity index (χ0) is 45.9. The fourth-order valence-electron chi connectivity index (χ4n) is 12.9. The maximum atomic E-state index is 4.24. The summed E-state index contributed by atoms with van der Waals surface area (Å²) in [5.41, 5.74) is 21.9. The van der Waals surface area contributed by atoms with Gasteiger partial charge in [0.25, 0.3) is 0 Å². The molecule has 13 rings (SSSR count). The van der Waals surface area contributed by atoms with Crippen molar-refractivity contribution in [2.45, 2.75) is 110 Å². The van der Waals surface area contributed by atoms with Crippen LogP contribution in [0.2, 0.25) is 0 Å². The van der Waals surface area contributed by atoms with Gasteiger partial charge in [0.05, 0.1) is 5.52 Å². The summed E-state index contributed by atoms with van der Waals surface area (Å²) in [7, 11) is 0.848. The van der Waals surface area contributed by atoms with Crippen molar-refractivity contribution >= 4 is 93.7 Å². The Bertz CT molecular complexity index is 3760. The first-order valence-corrected chi connectivity index (χ1v) is 25.5. The van der Waals surface area contributed by atoms with Crippen LogP contribution in [0.25, 0.3) is 80.7 Å². The minimum absolute atomic E-state index is 0.0886. The largest absolute Gasteiger partial charge is 0.355 e. The van der Waals surface area contributed by atoms with Crippen molar-refractivity contribution in [3.8, 4) is 27.9 Å². The molecule has 0 bridgehead atoms. The minimum Gasteiger partial charge on any atom is -0.355 e. The van der Waals surface area contributed by atoms with Crippen LogP contribution in [0.15, 0.2) is 133 Å². The molecule has 0 spiro atoms. The van der Waals surface area contributed by atoms with Crippen molar-refractivity contribution in [3.05, 3.63) is 161 Å². The number of thiophene rings is 1. The zero-order valence-electron chi connectivity index (χ0n) is 40.6. The molecule has 2 aliphatic carbocycles. The van der Waals surface area contributed by atoms with E-state index >= 15 is 0 Å². The number of anilines is 2. The van der Waals surface area contributed by atoms with Crippen molar-refractivity contribution in [1.29, 1.82) is 0 Å². The first kappa shape index (κ1) is 41.1. The first-order chi connectivity index (χ1) is 32.1. The van der Waals surface area contributed by atoms with Gasteiger partial charge in [0.15, 0.2) is 7.28 Å². The number of fused-ring (bicyclic) bond motifs is 12. The molecule has 10 aromatic rings. The number of aryl methyl sites for hydroxylation is 1. The molecule has 0 radical (unpaired) electrons. The second-order valence-corrected chi connectivity index (χ2v) is 24.2. The lowest BCUT2D eigenvalue weighted by molar-refractivity contribution is 0.332. The highest BCUT2D eigenvalue weighted by Gasteiger charge is 2.40. The molecular formula is C63H59BN2S. The number of aromatic nitrogens is 1. The molecule has 1 N–H and O–H groups in total. The molecule has 0 saturated heterocycles. The number of hydrogen-bond donors (Lipinski definition) is 1. The van der Waals surface area contributed by atoms with Crippen LogP contribution >= 0.6 is 11.3 Å². The lowest BCUT2D eigenvalue weighted by atomic mass is 9.58. The van der Waals surface area contributed by atoms with Gasteiger partial charge in [0, 0.05) is 59.1 Å². The van der Waals surface area contributed by atoms with Crippen molar-refractivity contribution in [1.82, 2.24) is 4.57 Å². The van der Waals surface area contributed by atoms with E-state index in [0.29, 0.717) is 0 Å². The number of rotatable bonds is 4. The third-order valence-corrected chi connectivity index (χ3v) is 18.2. The standard InChI is InChI=1S/C63H59BN2S/c1-36-30-44-46(62(6,7)28-26-60(44,2)3)34-50(36)65-49-23-25-53-57(42-33-45-47(35-54(42)67-53)63(8,9)29-27-61(45,4)5)56(49)43-31-39(37-16-11-10-12-17-37)32-52-58(43)64-48-21-15-20-41-55-40-19-14-13-18-38(40)22-24-51(55)66(52)59(41)48/h10-25,30-35,64-65H,26-29H2,1-9H3. The summed E-state index contributed by atoms with van der Waals surface area (Å²) in [5, 5.41) is 12.2. The third kappa shape index (κ3) is 6.00. The highest BCUT2D eigenvalue weighted by atomic mass is 32.1. The predicted molar refractivity (Wildman–Crippen MR) is 293 cm³/mol. The van der Waals surface area contributed by atoms with Gasteiger partial charge in [0.2, 0.25) is 0 Å². The van der Waals surface area contributed by atoms with Crippen LogP contribution in [0.4, 0.5) is 11.4 Å². The van der Waals surface area contributed by atoms with Crippen LogP contribution in [0.3, 0.4) is 0 Å². The number of nitrogens with one attached hydrogen (secondary N) is 1. The molecule has 0 atom stereocenters. The van der Waals surface area contributed by atoms with Crippen LogP contribution in [-0.4, -0.2) is 11.8 Å². The Morgan fingerprint density at radius 1 is 0.522 bits per heavy atom. The van der Waals surface area contributed by atoms with E-state index in [-0.39, 0.29) is 21.7 Å². The molecule has 0 saturated carbocycles. The van der Waals surface area contributed by atoms with Gasteiger partial charge >= 0.3 is 0 Å². The molecule has 2 nitrogen and oxygen atoms in total. The average molecular weight is 887 g/mol. The van der Waals surface area contributed by atoms with E-state index < -0.39 is 0 Å². The molecule has 330 valence electrons. The molecule has 0 amide bonds. The van der Waals surface area contributed by atoms with Gasteiger partial charge in [-0.3, -0.25) is 0 Å². The molecule has 0 fully saturated rings. The van der Waals surface area contributed by atoms with Gasteiger partial charge in [-0.25, -0.2) is 0 Å². The average Bonchev–Trinajstić information content (AvgIpc) is 3.86. The van der Waals surface area contributed by atoms with E-state index in [2.05, 4.69) is 206 Å². The fourth-order valence-corrected chi connectivity index (χ4v) is 14.0. The van der Waals surface area contributed by atoms with E-state index in [0.717, 1.165) is 7.28 Å². The summed E-state index contributed by atoms with van der Waals surface area (Å²) >= 11 is 1.97. The fraction of sp³-hybridized carbons (Fsp3) is 0.270. The Morgan fingerprint density at radius 3 is 1.93 bits per heavy atom. The Hall–Kier alpha value is -6.10. The summed E-state index contributed by atoms with van der Waals surface area (Å²) in [6, 6.07) is 51.8. The summed E-state index contributed by atoms with van der Waals surface area (Å²) in [6.45, 7) is 21.9. The molecule has 3 heterocycles. The smallest absolute Gasteiger partial charge is 0.198 e. The van der Waals surface area contributed by atoms with E-state index in [4.69, 9.17) is 0 Å². The Labute approximate surface area is 400 Å². The van der Waals surface area contributed by atoms with Gasteiger partial charge in [-0.1, -0.05) is 146 Å². The van der Waals surface area contributed by atoms with Gasteiger partial charge in [-0.05, 0) is 164 Å². The van der Waals surface area contributed by atoms with E-state index in [1.807, 2.05) is 11.3 Å². The molecule has 8 aromatic carbocycles. The molecule has 67 heavy (non-hydrogen) atoms. The van der Waals surface area contributed by atoms with Crippen LogP contribution in [0.5, 0.6) is 0 Å². The Morgan fingerprint density at radius 2 is 1.18 bits per heavy atom. The number of nitrogens with zero attached hydrogens (tertiary/aromatic N) is 1. The second kappa shape index (κ2) is 14.0. The lowest BCUT2D eigenvalue weighted by Gasteiger charge is -2.42. The maximum absolute atomic E-state index is 4.24. The monoisotopic (exact) mass is 886 g/mol. The maximum Gasteiger partial charge on any atom is 0.198 e. The zero-order valence-corrected chi connectivity index (χ0v) is 41.4. The van der Waals surface area contributed by atoms with Crippen molar-refractivity contribution in [2.24, 2.45) is 0 Å². The van der Waals surface area contributed by atoms with Crippen molar-refractivity contribution < 1.29 is 0 Å². The van der Waals surface area contributed by atoms with E-state index in [1.54, 1.807) is 0 Å². The highest BCUT2D eigenvalue weighted by molar-refractivity contribution is 7.26. The SMILES string of the molecule is Cc1cc2c(cc1Nc1ccc3sc4cc5c(cc4c3c1-c1cc(-c3ccccc3)cc3c1Bc1cccc4c6c7ccccc7ccc6n-3c14)C(C)(C)CCC5(C)C)C(C)(C)CCC2(C)C. The molecule has 3 aliphatic rings. The van der Waals surface area contributed by atoms with Crippen LogP contribution in [-0.2, 0) is 21.7 Å². The van der Waals surface area contributed by atoms with Crippen molar-refractivity contribution in [2.75, 3.05) is 5.32 Å². The molecule has 2 aromatic heterocycles. The normalized spacial score (nSPS) is 17.4. The highest BCUT2D eigenvalue weighted by Crippen LogP contribution is 2.53. The Kier molecular flexibility index (Phi) is 8.58. The first-order valence-electron chi connectivity index (χ1n) is 24.7. The number of hydrogen-bond acceptors (Lipinski definition) is 2. The summed E-state index contributed by atoms with van der Waals surface area (Å²) in [4.78, 5) is 0. The van der Waals surface area contributed by atoms with Gasteiger partial charge in [-0.15, -0.1) is 11.3 Å². The Balaban J connectivity index is 1.16. The van der Waals surface area contributed by atoms with Crippen LogP contribution in [0, 0.1) is 6.92 Å². The molecule has 4 heteroatoms. The number of benzene rings is 8. The molecule has 0 unspecified atom stereocenters. The van der Waals surface area contributed by atoms with Crippen molar-refractivity contribution in [3.63, 3.8) is 0 Å². The molecule has 1 aliphatic heterocycles. The number of para-hydroxylation sites is 1. The van der Waals surface area contributed by atoms with Gasteiger partial charge < -0.3 is 9.88 Å². The van der Waals surface area contributed by atoms with Crippen LogP contribution in [0.1, 0.15) is 109 Å². The van der Waals surface area contributed by atoms with E-state index in [1.165, 1.54) is 156 Å². The summed E-state index contributed by atoms with van der Waals surface area (Å²) in [5.74, 6) is 0. The van der Waals surface area contributed by atoms with E-state index in [9.17, 15) is 0 Å². The predicted octanol–water partition coefficient (Wildman–Crippen LogP) is 16.1.